The van der Waals surface area contributed by atoms with Crippen molar-refractivity contribution in [3.8, 4) is 0 Å². The van der Waals surface area contributed by atoms with Crippen LogP contribution >= 0.6 is 0 Å². The number of carbonyl (C=O) groups is 2. The van der Waals surface area contributed by atoms with Gasteiger partial charge >= 0.3 is 0 Å². The van der Waals surface area contributed by atoms with Crippen molar-refractivity contribution in [2.24, 2.45) is 0 Å². The number of benzene rings is 2. The summed E-state index contributed by atoms with van der Waals surface area (Å²) in [5, 5.41) is 2.92. The molecule has 2 amide bonds. The number of carbonyl (C=O) groups excluding carboxylic acids is 2. The Hall–Kier alpha value is -3.47. The first-order chi connectivity index (χ1) is 14.6. The molecule has 3 aromatic rings. The summed E-state index contributed by atoms with van der Waals surface area (Å²) >= 11 is 0. The Balaban J connectivity index is 1.67. The lowest BCUT2D eigenvalue weighted by Crippen LogP contribution is -2.47. The molecule has 0 bridgehead atoms. The van der Waals surface area contributed by atoms with E-state index in [-0.39, 0.29) is 11.8 Å². The molecule has 2 aromatic carbocycles. The van der Waals surface area contributed by atoms with E-state index in [0.717, 1.165) is 16.7 Å². The second-order valence-electron chi connectivity index (χ2n) is 7.25. The summed E-state index contributed by atoms with van der Waals surface area (Å²) in [5.41, 5.74) is 3.03. The molecule has 0 fully saturated rings. The zero-order valence-electron chi connectivity index (χ0n) is 17.2. The van der Waals surface area contributed by atoms with Gasteiger partial charge in [0.2, 0.25) is 11.8 Å². The topological polar surface area (TPSA) is 62.3 Å². The first-order valence-electron chi connectivity index (χ1n) is 10.2. The molecule has 1 atom stereocenters. The largest absolute Gasteiger partial charge is 0.350 e. The van der Waals surface area contributed by atoms with E-state index in [2.05, 4.69) is 10.3 Å². The fourth-order valence-corrected chi connectivity index (χ4v) is 3.24. The summed E-state index contributed by atoms with van der Waals surface area (Å²) in [5.74, 6) is -0.213. The number of rotatable bonds is 9. The minimum absolute atomic E-state index is 0.0354. The van der Waals surface area contributed by atoms with Gasteiger partial charge in [0, 0.05) is 31.9 Å². The number of hydrogen-bond acceptors (Lipinski definition) is 3. The molecule has 154 valence electrons. The Bertz CT molecular complexity index is 930. The van der Waals surface area contributed by atoms with Crippen molar-refractivity contribution >= 4 is 11.8 Å². The Morgan fingerprint density at radius 2 is 1.53 bits per heavy atom. The Morgan fingerprint density at radius 1 is 0.900 bits per heavy atom. The number of aryl methyl sites for hydroxylation is 1. The van der Waals surface area contributed by atoms with E-state index >= 15 is 0 Å². The highest BCUT2D eigenvalue weighted by Gasteiger charge is 2.25. The van der Waals surface area contributed by atoms with E-state index < -0.39 is 6.04 Å². The van der Waals surface area contributed by atoms with Gasteiger partial charge in [0.25, 0.3) is 0 Å². The second-order valence-corrected chi connectivity index (χ2v) is 7.25. The minimum atomic E-state index is -0.579. The Labute approximate surface area is 177 Å². The summed E-state index contributed by atoms with van der Waals surface area (Å²) in [7, 11) is 0. The number of aromatic nitrogens is 1. The van der Waals surface area contributed by atoms with Crippen LogP contribution in [0.2, 0.25) is 0 Å². The molecule has 1 heterocycles. The molecule has 5 nitrogen and oxygen atoms in total. The van der Waals surface area contributed by atoms with Gasteiger partial charge in [0.1, 0.15) is 6.04 Å². The monoisotopic (exact) mass is 401 g/mol. The second kappa shape index (κ2) is 10.9. The molecule has 30 heavy (non-hydrogen) atoms. The van der Waals surface area contributed by atoms with Crippen molar-refractivity contribution in [3.63, 3.8) is 0 Å². The van der Waals surface area contributed by atoms with Gasteiger partial charge in [0.05, 0.1) is 0 Å². The van der Waals surface area contributed by atoms with Crippen LogP contribution in [0, 0.1) is 0 Å². The third-order valence-electron chi connectivity index (χ3n) is 5.02. The zero-order chi connectivity index (χ0) is 21.2. The SMILES string of the molecule is CC(C(=O)NCc1cccnc1)N(Cc1ccccc1)C(=O)CCc1ccccc1. The quantitative estimate of drug-likeness (QED) is 0.594. The molecule has 0 radical (unpaired) electrons. The minimum Gasteiger partial charge on any atom is -0.350 e. The summed E-state index contributed by atoms with van der Waals surface area (Å²) < 4.78 is 0. The standard InChI is InChI=1S/C25H27N3O2/c1-20(25(30)27-18-23-13-8-16-26-17-23)28(19-22-11-6-3-7-12-22)24(29)15-14-21-9-4-2-5-10-21/h2-13,16-17,20H,14-15,18-19H2,1H3,(H,27,30). The molecule has 1 aromatic heterocycles. The Morgan fingerprint density at radius 3 is 2.17 bits per heavy atom. The molecular formula is C25H27N3O2. The van der Waals surface area contributed by atoms with E-state index in [1.807, 2.05) is 72.8 Å². The van der Waals surface area contributed by atoms with Crippen LogP contribution in [0.3, 0.4) is 0 Å². The van der Waals surface area contributed by atoms with Crippen molar-refractivity contribution < 1.29 is 9.59 Å². The summed E-state index contributed by atoms with van der Waals surface area (Å²) in [6.45, 7) is 2.56. The molecule has 0 spiro atoms. The van der Waals surface area contributed by atoms with Crippen LogP contribution in [0.1, 0.15) is 30.0 Å². The molecule has 5 heteroatoms. The van der Waals surface area contributed by atoms with E-state index in [0.29, 0.717) is 25.9 Å². The lowest BCUT2D eigenvalue weighted by molar-refractivity contribution is -0.140. The van der Waals surface area contributed by atoms with Gasteiger partial charge in [0.15, 0.2) is 0 Å². The molecule has 0 aliphatic heterocycles. The van der Waals surface area contributed by atoms with Crippen LogP contribution in [0.25, 0.3) is 0 Å². The van der Waals surface area contributed by atoms with Crippen LogP contribution in [0.15, 0.2) is 85.2 Å². The van der Waals surface area contributed by atoms with Crippen LogP contribution in [-0.2, 0) is 29.1 Å². The summed E-state index contributed by atoms with van der Waals surface area (Å²) in [6.07, 6.45) is 4.42. The van der Waals surface area contributed by atoms with Gasteiger partial charge in [-0.05, 0) is 36.1 Å². The number of pyridine rings is 1. The molecule has 0 saturated carbocycles. The number of hydrogen-bond donors (Lipinski definition) is 1. The van der Waals surface area contributed by atoms with Gasteiger partial charge in [-0.1, -0.05) is 66.7 Å². The van der Waals surface area contributed by atoms with Gasteiger partial charge < -0.3 is 10.2 Å². The maximum atomic E-state index is 13.1. The highest BCUT2D eigenvalue weighted by molar-refractivity contribution is 5.87. The molecular weight excluding hydrogens is 374 g/mol. The molecule has 0 aliphatic carbocycles. The van der Waals surface area contributed by atoms with Gasteiger partial charge in [-0.2, -0.15) is 0 Å². The lowest BCUT2D eigenvalue weighted by Gasteiger charge is -2.29. The van der Waals surface area contributed by atoms with Crippen LogP contribution in [-0.4, -0.2) is 27.7 Å². The van der Waals surface area contributed by atoms with Crippen molar-refractivity contribution in [1.29, 1.82) is 0 Å². The fourth-order valence-electron chi connectivity index (χ4n) is 3.24. The summed E-state index contributed by atoms with van der Waals surface area (Å²) in [6, 6.07) is 22.8. The number of nitrogens with one attached hydrogen (secondary N) is 1. The van der Waals surface area contributed by atoms with Crippen molar-refractivity contribution in [2.75, 3.05) is 0 Å². The third-order valence-corrected chi connectivity index (χ3v) is 5.02. The van der Waals surface area contributed by atoms with Crippen molar-refractivity contribution in [3.05, 3.63) is 102 Å². The first-order valence-corrected chi connectivity index (χ1v) is 10.2. The maximum absolute atomic E-state index is 13.1. The number of nitrogens with zero attached hydrogens (tertiary/aromatic N) is 2. The third kappa shape index (κ3) is 6.27. The first kappa shape index (κ1) is 21.2. The molecule has 3 rings (SSSR count). The van der Waals surface area contributed by atoms with E-state index in [4.69, 9.17) is 0 Å². The average Bonchev–Trinajstić information content (AvgIpc) is 2.81. The van der Waals surface area contributed by atoms with E-state index in [9.17, 15) is 9.59 Å². The van der Waals surface area contributed by atoms with Gasteiger partial charge in [-0.25, -0.2) is 0 Å². The van der Waals surface area contributed by atoms with Crippen molar-refractivity contribution in [2.45, 2.75) is 38.9 Å². The van der Waals surface area contributed by atoms with Crippen LogP contribution < -0.4 is 5.32 Å². The molecule has 0 saturated heterocycles. The number of amides is 2. The van der Waals surface area contributed by atoms with Gasteiger partial charge in [-0.3, -0.25) is 14.6 Å². The Kier molecular flexibility index (Phi) is 7.72. The highest BCUT2D eigenvalue weighted by Crippen LogP contribution is 2.13. The van der Waals surface area contributed by atoms with Crippen LogP contribution in [0.4, 0.5) is 0 Å². The fraction of sp³-hybridized carbons (Fsp3) is 0.240. The van der Waals surface area contributed by atoms with E-state index in [1.54, 1.807) is 24.2 Å². The van der Waals surface area contributed by atoms with Crippen LogP contribution in [0.5, 0.6) is 0 Å². The highest BCUT2D eigenvalue weighted by atomic mass is 16.2. The summed E-state index contributed by atoms with van der Waals surface area (Å²) in [4.78, 5) is 31.6. The molecule has 1 unspecified atom stereocenters. The van der Waals surface area contributed by atoms with Crippen molar-refractivity contribution in [1.82, 2.24) is 15.2 Å². The normalized spacial score (nSPS) is 11.5. The smallest absolute Gasteiger partial charge is 0.242 e. The van der Waals surface area contributed by atoms with Gasteiger partial charge in [-0.15, -0.1) is 0 Å². The molecule has 1 N–H and O–H groups in total. The maximum Gasteiger partial charge on any atom is 0.242 e. The predicted molar refractivity (Wildman–Crippen MR) is 117 cm³/mol. The van der Waals surface area contributed by atoms with E-state index in [1.165, 1.54) is 0 Å². The average molecular weight is 402 g/mol. The predicted octanol–water partition coefficient (Wildman–Crippen LogP) is 3.75. The zero-order valence-corrected chi connectivity index (χ0v) is 17.2. The molecule has 0 aliphatic rings. The lowest BCUT2D eigenvalue weighted by atomic mass is 10.1.